The van der Waals surface area contributed by atoms with Crippen LogP contribution in [0.2, 0.25) is 0 Å². The zero-order valence-electron chi connectivity index (χ0n) is 9.98. The third-order valence-electron chi connectivity index (χ3n) is 2.50. The molecule has 0 aromatic heterocycles. The number of hydrogen-bond acceptors (Lipinski definition) is 4. The van der Waals surface area contributed by atoms with E-state index >= 15 is 0 Å². The lowest BCUT2D eigenvalue weighted by Gasteiger charge is -2.16. The summed E-state index contributed by atoms with van der Waals surface area (Å²) in [6.45, 7) is 4.67. The van der Waals surface area contributed by atoms with Gasteiger partial charge in [0.25, 0.3) is 0 Å². The van der Waals surface area contributed by atoms with Gasteiger partial charge in [0.15, 0.2) is 0 Å². The number of nitrogens with one attached hydrogen (secondary N) is 1. The summed E-state index contributed by atoms with van der Waals surface area (Å²) < 4.78 is 0. The Morgan fingerprint density at radius 3 is 2.50 bits per heavy atom. The molecule has 0 radical (unpaired) electrons. The third kappa shape index (κ3) is 6.53. The first kappa shape index (κ1) is 15.1. The molecule has 5 nitrogen and oxygen atoms in total. The molecule has 0 amide bonds. The molecule has 0 saturated heterocycles. The summed E-state index contributed by atoms with van der Waals surface area (Å²) in [5, 5.41) is 11.7. The Bertz CT molecular complexity index is 219. The van der Waals surface area contributed by atoms with Gasteiger partial charge < -0.3 is 21.0 Å². The summed E-state index contributed by atoms with van der Waals surface area (Å²) in [6.07, 6.45) is 2.97. The normalized spacial score (nSPS) is 14.8. The van der Waals surface area contributed by atoms with Gasteiger partial charge in [0.2, 0.25) is 0 Å². The smallest absolute Gasteiger partial charge is 0.320 e. The highest BCUT2D eigenvalue weighted by Gasteiger charge is 2.12. The summed E-state index contributed by atoms with van der Waals surface area (Å²) >= 11 is 0. The van der Waals surface area contributed by atoms with Crippen molar-refractivity contribution < 1.29 is 14.7 Å². The lowest BCUT2D eigenvalue weighted by atomic mass is 10.1. The maximum Gasteiger partial charge on any atom is 0.320 e. The first-order chi connectivity index (χ1) is 7.49. The highest BCUT2D eigenvalue weighted by atomic mass is 16.4. The van der Waals surface area contributed by atoms with Gasteiger partial charge >= 0.3 is 5.97 Å². The summed E-state index contributed by atoms with van der Waals surface area (Å²) in [5.41, 5.74) is 5.36. The van der Waals surface area contributed by atoms with Crippen LogP contribution in [-0.2, 0) is 9.59 Å². The van der Waals surface area contributed by atoms with Crippen molar-refractivity contribution in [1.29, 1.82) is 0 Å². The minimum absolute atomic E-state index is 0.117. The summed E-state index contributed by atoms with van der Waals surface area (Å²) in [5.74, 6) is -0.681. The summed E-state index contributed by atoms with van der Waals surface area (Å²) in [4.78, 5) is 21.1. The second kappa shape index (κ2) is 8.24. The van der Waals surface area contributed by atoms with Crippen LogP contribution in [0.15, 0.2) is 0 Å². The van der Waals surface area contributed by atoms with Gasteiger partial charge in [-0.3, -0.25) is 4.79 Å². The van der Waals surface area contributed by atoms with Gasteiger partial charge in [0.1, 0.15) is 12.3 Å². The second-order valence-corrected chi connectivity index (χ2v) is 4.30. The van der Waals surface area contributed by atoms with Gasteiger partial charge in [-0.2, -0.15) is 0 Å². The maximum atomic E-state index is 10.6. The van der Waals surface area contributed by atoms with Crippen LogP contribution in [0.5, 0.6) is 0 Å². The summed E-state index contributed by atoms with van der Waals surface area (Å²) in [6, 6.07) is -0.889. The molecule has 94 valence electrons. The second-order valence-electron chi connectivity index (χ2n) is 4.30. The molecule has 16 heavy (non-hydrogen) atoms. The van der Waals surface area contributed by atoms with Crippen LogP contribution < -0.4 is 11.1 Å². The van der Waals surface area contributed by atoms with Crippen molar-refractivity contribution in [1.82, 2.24) is 5.32 Å². The first-order valence-electron chi connectivity index (χ1n) is 5.66. The molecule has 0 bridgehead atoms. The molecule has 0 aromatic rings. The van der Waals surface area contributed by atoms with Crippen LogP contribution in [0.25, 0.3) is 0 Å². The van der Waals surface area contributed by atoms with E-state index < -0.39 is 12.0 Å². The zero-order chi connectivity index (χ0) is 12.6. The van der Waals surface area contributed by atoms with E-state index in [1.165, 1.54) is 0 Å². The van der Waals surface area contributed by atoms with Crippen molar-refractivity contribution in [2.45, 2.75) is 45.2 Å². The van der Waals surface area contributed by atoms with Gasteiger partial charge in [0, 0.05) is 0 Å². The van der Waals surface area contributed by atoms with Gasteiger partial charge in [0.05, 0.1) is 6.04 Å². The fourth-order valence-electron chi connectivity index (χ4n) is 1.32. The lowest BCUT2D eigenvalue weighted by Crippen LogP contribution is -2.36. The number of aliphatic carboxylic acids is 1. The number of rotatable bonds is 9. The fourth-order valence-corrected chi connectivity index (χ4v) is 1.32. The lowest BCUT2D eigenvalue weighted by molar-refractivity contribution is -0.138. The minimum Gasteiger partial charge on any atom is -0.480 e. The van der Waals surface area contributed by atoms with E-state index in [4.69, 9.17) is 10.8 Å². The van der Waals surface area contributed by atoms with E-state index in [1.54, 1.807) is 0 Å². The van der Waals surface area contributed by atoms with Crippen molar-refractivity contribution in [3.05, 3.63) is 0 Å². The van der Waals surface area contributed by atoms with E-state index in [0.29, 0.717) is 13.0 Å². The van der Waals surface area contributed by atoms with Crippen molar-refractivity contribution in [3.63, 3.8) is 0 Å². The zero-order valence-corrected chi connectivity index (χ0v) is 9.98. The molecule has 2 unspecified atom stereocenters. The predicted molar refractivity (Wildman–Crippen MR) is 62.2 cm³/mol. The van der Waals surface area contributed by atoms with Gasteiger partial charge in [-0.15, -0.1) is 0 Å². The molecule has 0 aliphatic heterocycles. The Hall–Kier alpha value is -0.940. The highest BCUT2D eigenvalue weighted by molar-refractivity contribution is 5.72. The number of carboxylic acid groups (broad SMARTS) is 1. The van der Waals surface area contributed by atoms with Crippen LogP contribution in [0.4, 0.5) is 0 Å². The molecule has 0 saturated carbocycles. The number of hydrogen-bond donors (Lipinski definition) is 3. The number of aldehydes is 1. The molecule has 0 rings (SSSR count). The highest BCUT2D eigenvalue weighted by Crippen LogP contribution is 2.01. The Morgan fingerprint density at radius 2 is 2.06 bits per heavy atom. The van der Waals surface area contributed by atoms with Crippen LogP contribution in [0, 0.1) is 5.92 Å². The van der Waals surface area contributed by atoms with Crippen molar-refractivity contribution in [3.8, 4) is 0 Å². The Kier molecular flexibility index (Phi) is 7.76. The Labute approximate surface area is 96.4 Å². The topological polar surface area (TPSA) is 92.4 Å². The standard InChI is InChI=1S/C11H22N2O3/c1-8(2)10(7-14)13-6-4-3-5-9(12)11(15)16/h7-10,13H,3-6,12H2,1-2H3,(H,15,16). The number of carbonyl (C=O) groups is 2. The number of nitrogens with two attached hydrogens (primary N) is 1. The van der Waals surface area contributed by atoms with Crippen LogP contribution in [0.1, 0.15) is 33.1 Å². The minimum atomic E-state index is -0.957. The Balaban J connectivity index is 3.53. The van der Waals surface area contributed by atoms with E-state index in [2.05, 4.69) is 5.32 Å². The molecule has 0 spiro atoms. The van der Waals surface area contributed by atoms with E-state index in [0.717, 1.165) is 19.1 Å². The molecular formula is C11H22N2O3. The van der Waals surface area contributed by atoms with Crippen molar-refractivity contribution in [2.24, 2.45) is 11.7 Å². The maximum absolute atomic E-state index is 10.6. The molecule has 0 aliphatic carbocycles. The molecule has 4 N–H and O–H groups in total. The van der Waals surface area contributed by atoms with Crippen molar-refractivity contribution in [2.75, 3.05) is 6.54 Å². The molecule has 2 atom stereocenters. The van der Waals surface area contributed by atoms with Crippen LogP contribution in [-0.4, -0.2) is 36.0 Å². The first-order valence-corrected chi connectivity index (χ1v) is 5.66. The van der Waals surface area contributed by atoms with E-state index in [1.807, 2.05) is 13.8 Å². The molecular weight excluding hydrogens is 208 g/mol. The Morgan fingerprint density at radius 1 is 1.44 bits per heavy atom. The van der Waals surface area contributed by atoms with Crippen LogP contribution in [0.3, 0.4) is 0 Å². The molecule has 0 heterocycles. The summed E-state index contributed by atoms with van der Waals surface area (Å²) in [7, 11) is 0. The van der Waals surface area contributed by atoms with E-state index in [9.17, 15) is 9.59 Å². The fraction of sp³-hybridized carbons (Fsp3) is 0.818. The third-order valence-corrected chi connectivity index (χ3v) is 2.50. The number of carbonyl (C=O) groups excluding carboxylic acids is 1. The molecule has 0 fully saturated rings. The quantitative estimate of drug-likeness (QED) is 0.393. The average Bonchev–Trinajstić information content (AvgIpc) is 2.22. The van der Waals surface area contributed by atoms with Gasteiger partial charge in [-0.05, 0) is 25.3 Å². The SMILES string of the molecule is CC(C)C(C=O)NCCCCC(N)C(=O)O. The molecule has 5 heteroatoms. The van der Waals surface area contributed by atoms with Gasteiger partial charge in [-0.1, -0.05) is 20.3 Å². The van der Waals surface area contributed by atoms with E-state index in [-0.39, 0.29) is 12.0 Å². The number of unbranched alkanes of at least 4 members (excludes halogenated alkanes) is 1. The molecule has 0 aromatic carbocycles. The molecule has 0 aliphatic rings. The van der Waals surface area contributed by atoms with Gasteiger partial charge in [-0.25, -0.2) is 0 Å². The average molecular weight is 230 g/mol. The van der Waals surface area contributed by atoms with Crippen molar-refractivity contribution >= 4 is 12.3 Å². The monoisotopic (exact) mass is 230 g/mol. The van der Waals surface area contributed by atoms with Crippen LogP contribution >= 0.6 is 0 Å². The number of carboxylic acids is 1. The largest absolute Gasteiger partial charge is 0.480 e. The predicted octanol–water partition coefficient (Wildman–Crippen LogP) is 0.382.